The lowest BCUT2D eigenvalue weighted by Crippen LogP contribution is -2.43. The van der Waals surface area contributed by atoms with Crippen LogP contribution in [-0.4, -0.2) is 44.4 Å². The summed E-state index contributed by atoms with van der Waals surface area (Å²) in [4.78, 5) is 12.0. The van der Waals surface area contributed by atoms with E-state index in [2.05, 4.69) is 10.4 Å². The van der Waals surface area contributed by atoms with Crippen LogP contribution in [0.2, 0.25) is 0 Å². The molecule has 1 unspecified atom stereocenters. The smallest absolute Gasteiger partial charge is 0.241 e. The van der Waals surface area contributed by atoms with Crippen LogP contribution in [0, 0.1) is 0 Å². The SMILES string of the molecule is O=C(Cn1ncc2ccccc21)NCC1(O)CCSC1. The van der Waals surface area contributed by atoms with Gasteiger partial charge in [-0.3, -0.25) is 9.48 Å². The third kappa shape index (κ3) is 2.81. The molecule has 0 radical (unpaired) electrons. The molecule has 0 aliphatic carbocycles. The van der Waals surface area contributed by atoms with Gasteiger partial charge in [0, 0.05) is 17.7 Å². The number of carbonyl (C=O) groups excluding carboxylic acids is 1. The fourth-order valence-corrected chi connectivity index (χ4v) is 3.64. The van der Waals surface area contributed by atoms with Crippen LogP contribution in [0.4, 0.5) is 0 Å². The van der Waals surface area contributed by atoms with Crippen molar-refractivity contribution in [2.24, 2.45) is 0 Å². The lowest BCUT2D eigenvalue weighted by atomic mass is 10.0. The number of hydrogen-bond acceptors (Lipinski definition) is 4. The Hall–Kier alpha value is -1.53. The zero-order valence-electron chi connectivity index (χ0n) is 11.1. The Kier molecular flexibility index (Phi) is 3.67. The van der Waals surface area contributed by atoms with E-state index in [1.165, 1.54) is 0 Å². The van der Waals surface area contributed by atoms with Crippen LogP contribution in [0.15, 0.2) is 30.5 Å². The second-order valence-electron chi connectivity index (χ2n) is 5.16. The molecule has 2 heterocycles. The van der Waals surface area contributed by atoms with Crippen molar-refractivity contribution in [1.82, 2.24) is 15.1 Å². The van der Waals surface area contributed by atoms with Crippen LogP contribution in [0.3, 0.4) is 0 Å². The predicted octanol–water partition coefficient (Wildman–Crippen LogP) is 1.02. The molecule has 1 aromatic heterocycles. The first-order valence-corrected chi connectivity index (χ1v) is 7.79. The zero-order chi connectivity index (χ0) is 14.0. The molecule has 106 valence electrons. The number of benzene rings is 1. The molecule has 1 aromatic carbocycles. The topological polar surface area (TPSA) is 67.2 Å². The first-order valence-electron chi connectivity index (χ1n) is 6.64. The van der Waals surface area contributed by atoms with Gasteiger partial charge in [0.1, 0.15) is 6.54 Å². The van der Waals surface area contributed by atoms with Crippen molar-refractivity contribution in [2.45, 2.75) is 18.6 Å². The highest BCUT2D eigenvalue weighted by molar-refractivity contribution is 7.99. The van der Waals surface area contributed by atoms with Crippen LogP contribution < -0.4 is 5.32 Å². The van der Waals surface area contributed by atoms with Crippen molar-refractivity contribution in [1.29, 1.82) is 0 Å². The van der Waals surface area contributed by atoms with Crippen molar-refractivity contribution >= 4 is 28.6 Å². The summed E-state index contributed by atoms with van der Waals surface area (Å²) in [7, 11) is 0. The van der Waals surface area contributed by atoms with Crippen molar-refractivity contribution in [3.05, 3.63) is 30.5 Å². The first kappa shape index (κ1) is 13.5. The molecule has 0 spiro atoms. The number of thioether (sulfide) groups is 1. The number of para-hydroxylation sites is 1. The highest BCUT2D eigenvalue weighted by atomic mass is 32.2. The van der Waals surface area contributed by atoms with Gasteiger partial charge in [0.2, 0.25) is 5.91 Å². The fourth-order valence-electron chi connectivity index (χ4n) is 2.34. The highest BCUT2D eigenvalue weighted by Crippen LogP contribution is 2.26. The molecular weight excluding hydrogens is 274 g/mol. The van der Waals surface area contributed by atoms with E-state index in [4.69, 9.17) is 0 Å². The van der Waals surface area contributed by atoms with Crippen LogP contribution in [-0.2, 0) is 11.3 Å². The van der Waals surface area contributed by atoms with E-state index in [1.807, 2.05) is 24.3 Å². The second-order valence-corrected chi connectivity index (χ2v) is 6.27. The van der Waals surface area contributed by atoms with Gasteiger partial charge in [-0.05, 0) is 18.2 Å². The summed E-state index contributed by atoms with van der Waals surface area (Å²) in [6.45, 7) is 0.495. The minimum atomic E-state index is -0.744. The van der Waals surface area contributed by atoms with Gasteiger partial charge < -0.3 is 10.4 Å². The lowest BCUT2D eigenvalue weighted by molar-refractivity contribution is -0.122. The normalized spacial score (nSPS) is 22.2. The minimum Gasteiger partial charge on any atom is -0.387 e. The van der Waals surface area contributed by atoms with Gasteiger partial charge >= 0.3 is 0 Å². The fraction of sp³-hybridized carbons (Fsp3) is 0.429. The molecule has 1 aliphatic rings. The van der Waals surface area contributed by atoms with E-state index in [9.17, 15) is 9.90 Å². The maximum absolute atomic E-state index is 12.0. The molecule has 2 N–H and O–H groups in total. The molecule has 6 heteroatoms. The number of aliphatic hydroxyl groups is 1. The Balaban J connectivity index is 1.61. The van der Waals surface area contributed by atoms with Gasteiger partial charge in [-0.2, -0.15) is 16.9 Å². The molecule has 0 saturated carbocycles. The zero-order valence-corrected chi connectivity index (χ0v) is 11.9. The number of hydrogen-bond donors (Lipinski definition) is 2. The summed E-state index contributed by atoms with van der Waals surface area (Å²) in [5, 5.41) is 18.2. The summed E-state index contributed by atoms with van der Waals surface area (Å²) in [6.07, 6.45) is 2.49. The van der Waals surface area contributed by atoms with Gasteiger partial charge in [0.15, 0.2) is 0 Å². The minimum absolute atomic E-state index is 0.121. The maximum atomic E-state index is 12.0. The van der Waals surface area contributed by atoms with Crippen molar-refractivity contribution < 1.29 is 9.90 Å². The maximum Gasteiger partial charge on any atom is 0.241 e. The van der Waals surface area contributed by atoms with Crippen molar-refractivity contribution in [3.63, 3.8) is 0 Å². The first-order chi connectivity index (χ1) is 9.66. The average molecular weight is 291 g/mol. The second kappa shape index (κ2) is 5.46. The molecule has 5 nitrogen and oxygen atoms in total. The average Bonchev–Trinajstić information content (AvgIpc) is 3.05. The largest absolute Gasteiger partial charge is 0.387 e. The number of aromatic nitrogens is 2. The number of nitrogens with zero attached hydrogens (tertiary/aromatic N) is 2. The summed E-state index contributed by atoms with van der Waals surface area (Å²) in [5.41, 5.74) is 0.199. The highest BCUT2D eigenvalue weighted by Gasteiger charge is 2.31. The third-order valence-corrected chi connectivity index (χ3v) is 4.78. The molecule has 1 amide bonds. The molecule has 3 rings (SSSR count). The van der Waals surface area contributed by atoms with Crippen LogP contribution in [0.25, 0.3) is 10.9 Å². The number of rotatable bonds is 4. The van der Waals surface area contributed by atoms with Crippen molar-refractivity contribution in [3.8, 4) is 0 Å². The standard InChI is InChI=1S/C14H17N3O2S/c18-13(15-9-14(19)5-6-20-10-14)8-17-12-4-2-1-3-11(12)7-16-17/h1-4,7,19H,5-6,8-10H2,(H,15,18). The number of amides is 1. The van der Waals surface area contributed by atoms with Crippen LogP contribution in [0.5, 0.6) is 0 Å². The van der Waals surface area contributed by atoms with E-state index in [0.717, 1.165) is 23.1 Å². The van der Waals surface area contributed by atoms with Crippen LogP contribution in [0.1, 0.15) is 6.42 Å². The number of carbonyl (C=O) groups is 1. The Labute approximate surface area is 121 Å². The van der Waals surface area contributed by atoms with E-state index in [-0.39, 0.29) is 12.5 Å². The quantitative estimate of drug-likeness (QED) is 0.882. The lowest BCUT2D eigenvalue weighted by Gasteiger charge is -2.21. The Bertz CT molecular complexity index is 620. The molecular formula is C14H17N3O2S. The molecule has 2 aromatic rings. The predicted molar refractivity (Wildman–Crippen MR) is 79.6 cm³/mol. The molecule has 1 aliphatic heterocycles. The third-order valence-electron chi connectivity index (χ3n) is 3.54. The van der Waals surface area contributed by atoms with Gasteiger partial charge in [-0.15, -0.1) is 0 Å². The number of nitrogens with one attached hydrogen (secondary N) is 1. The van der Waals surface area contributed by atoms with E-state index < -0.39 is 5.60 Å². The Morgan fingerprint density at radius 3 is 3.15 bits per heavy atom. The molecule has 1 fully saturated rings. The summed E-state index contributed by atoms with van der Waals surface area (Å²) in [5.74, 6) is 1.53. The van der Waals surface area contributed by atoms with E-state index in [0.29, 0.717) is 12.3 Å². The molecule has 1 atom stereocenters. The van der Waals surface area contributed by atoms with Crippen molar-refractivity contribution in [2.75, 3.05) is 18.1 Å². The summed E-state index contributed by atoms with van der Waals surface area (Å²) >= 11 is 1.72. The summed E-state index contributed by atoms with van der Waals surface area (Å²) < 4.78 is 1.68. The monoisotopic (exact) mass is 291 g/mol. The summed E-state index contributed by atoms with van der Waals surface area (Å²) in [6, 6.07) is 7.78. The van der Waals surface area contributed by atoms with Gasteiger partial charge in [-0.1, -0.05) is 18.2 Å². The Morgan fingerprint density at radius 2 is 2.35 bits per heavy atom. The van der Waals surface area contributed by atoms with Crippen LogP contribution >= 0.6 is 11.8 Å². The van der Waals surface area contributed by atoms with Gasteiger partial charge in [0.05, 0.1) is 17.3 Å². The molecule has 1 saturated heterocycles. The Morgan fingerprint density at radius 1 is 1.50 bits per heavy atom. The number of fused-ring (bicyclic) bond motifs is 1. The van der Waals surface area contributed by atoms with Gasteiger partial charge in [-0.25, -0.2) is 0 Å². The molecule has 20 heavy (non-hydrogen) atoms. The van der Waals surface area contributed by atoms with Gasteiger partial charge in [0.25, 0.3) is 0 Å². The van der Waals surface area contributed by atoms with E-state index >= 15 is 0 Å². The molecule has 0 bridgehead atoms. The van der Waals surface area contributed by atoms with E-state index in [1.54, 1.807) is 22.6 Å².